The van der Waals surface area contributed by atoms with Crippen LogP contribution in [0, 0.1) is 6.92 Å². The van der Waals surface area contributed by atoms with Gasteiger partial charge in [-0.3, -0.25) is 0 Å². The standard InChI is InChI=1S/C9H10BrN5/c1-5-2-3-6(10)4-7(5)8-13-14-9(11)15(8)12/h2-4H,12H2,1H3,(H2,11,14). The SMILES string of the molecule is Cc1ccc(Br)cc1-c1nnc(N)n1N. The second kappa shape index (κ2) is 3.54. The van der Waals surface area contributed by atoms with Gasteiger partial charge in [-0.25, -0.2) is 4.68 Å². The Hall–Kier alpha value is -1.56. The van der Waals surface area contributed by atoms with Crippen molar-refractivity contribution in [3.8, 4) is 11.4 Å². The van der Waals surface area contributed by atoms with Crippen molar-refractivity contribution in [1.82, 2.24) is 14.9 Å². The summed E-state index contributed by atoms with van der Waals surface area (Å²) in [6, 6.07) is 5.87. The summed E-state index contributed by atoms with van der Waals surface area (Å²) in [5.74, 6) is 6.46. The van der Waals surface area contributed by atoms with Crippen LogP contribution in [-0.2, 0) is 0 Å². The second-order valence-electron chi connectivity index (χ2n) is 3.21. The fourth-order valence-corrected chi connectivity index (χ4v) is 1.68. The maximum atomic E-state index is 5.70. The number of rotatable bonds is 1. The van der Waals surface area contributed by atoms with E-state index in [2.05, 4.69) is 26.1 Å². The summed E-state index contributed by atoms with van der Waals surface area (Å²) in [5.41, 5.74) is 7.50. The van der Waals surface area contributed by atoms with E-state index >= 15 is 0 Å². The molecule has 0 aliphatic carbocycles. The molecule has 1 aromatic heterocycles. The molecule has 15 heavy (non-hydrogen) atoms. The summed E-state index contributed by atoms with van der Waals surface area (Å²) in [6.45, 7) is 1.98. The first-order valence-corrected chi connectivity index (χ1v) is 5.11. The fraction of sp³-hybridized carbons (Fsp3) is 0.111. The molecule has 0 spiro atoms. The van der Waals surface area contributed by atoms with Crippen LogP contribution in [0.5, 0.6) is 0 Å². The smallest absolute Gasteiger partial charge is 0.241 e. The average molecular weight is 268 g/mol. The highest BCUT2D eigenvalue weighted by Gasteiger charge is 2.11. The minimum absolute atomic E-state index is 0.198. The minimum atomic E-state index is 0.198. The number of aryl methyl sites for hydroxylation is 1. The lowest BCUT2D eigenvalue weighted by Gasteiger charge is -2.05. The molecule has 1 aromatic carbocycles. The molecular formula is C9H10BrN5. The molecule has 0 bridgehead atoms. The summed E-state index contributed by atoms with van der Waals surface area (Å²) in [4.78, 5) is 0. The Bertz CT molecular complexity index is 505. The van der Waals surface area contributed by atoms with Crippen molar-refractivity contribution in [3.05, 3.63) is 28.2 Å². The van der Waals surface area contributed by atoms with Crippen LogP contribution in [0.25, 0.3) is 11.4 Å². The number of halogens is 1. The van der Waals surface area contributed by atoms with Crippen LogP contribution in [0.15, 0.2) is 22.7 Å². The number of nitrogens with two attached hydrogens (primary N) is 2. The quantitative estimate of drug-likeness (QED) is 0.764. The monoisotopic (exact) mass is 267 g/mol. The van der Waals surface area contributed by atoms with E-state index in [1.165, 1.54) is 4.68 Å². The zero-order valence-corrected chi connectivity index (χ0v) is 9.69. The molecule has 0 aliphatic rings. The molecule has 2 aromatic rings. The number of aromatic nitrogens is 3. The first kappa shape index (κ1) is 9.97. The molecule has 78 valence electrons. The molecule has 6 heteroatoms. The second-order valence-corrected chi connectivity index (χ2v) is 4.13. The van der Waals surface area contributed by atoms with Gasteiger partial charge < -0.3 is 11.6 Å². The van der Waals surface area contributed by atoms with E-state index in [1.54, 1.807) is 0 Å². The van der Waals surface area contributed by atoms with Gasteiger partial charge in [-0.1, -0.05) is 22.0 Å². The zero-order valence-electron chi connectivity index (χ0n) is 8.11. The van der Waals surface area contributed by atoms with Crippen LogP contribution < -0.4 is 11.6 Å². The third-order valence-corrected chi connectivity index (χ3v) is 2.66. The van der Waals surface area contributed by atoms with Crippen LogP contribution in [-0.4, -0.2) is 14.9 Å². The lowest BCUT2D eigenvalue weighted by Crippen LogP contribution is -2.13. The number of hydrogen-bond acceptors (Lipinski definition) is 4. The Morgan fingerprint density at radius 2 is 2.07 bits per heavy atom. The molecule has 0 unspecified atom stereocenters. The Morgan fingerprint density at radius 3 is 2.67 bits per heavy atom. The predicted molar refractivity (Wildman–Crippen MR) is 62.5 cm³/mol. The van der Waals surface area contributed by atoms with Crippen molar-refractivity contribution in [2.75, 3.05) is 11.6 Å². The first-order valence-electron chi connectivity index (χ1n) is 4.32. The molecule has 1 heterocycles. The molecule has 0 saturated carbocycles. The van der Waals surface area contributed by atoms with Gasteiger partial charge in [-0.2, -0.15) is 0 Å². The van der Waals surface area contributed by atoms with Crippen LogP contribution in [0.1, 0.15) is 5.56 Å². The minimum Gasteiger partial charge on any atom is -0.366 e. The average Bonchev–Trinajstić information content (AvgIpc) is 2.52. The van der Waals surface area contributed by atoms with Crippen molar-refractivity contribution in [2.45, 2.75) is 6.92 Å². The summed E-state index contributed by atoms with van der Waals surface area (Å²) in [7, 11) is 0. The summed E-state index contributed by atoms with van der Waals surface area (Å²) >= 11 is 3.40. The molecule has 4 N–H and O–H groups in total. The van der Waals surface area contributed by atoms with Crippen LogP contribution in [0.2, 0.25) is 0 Å². The molecule has 5 nitrogen and oxygen atoms in total. The van der Waals surface area contributed by atoms with E-state index < -0.39 is 0 Å². The molecular weight excluding hydrogens is 258 g/mol. The van der Waals surface area contributed by atoms with E-state index in [9.17, 15) is 0 Å². The van der Waals surface area contributed by atoms with Gasteiger partial charge in [-0.05, 0) is 24.6 Å². The Morgan fingerprint density at radius 1 is 1.33 bits per heavy atom. The van der Waals surface area contributed by atoms with Crippen LogP contribution >= 0.6 is 15.9 Å². The van der Waals surface area contributed by atoms with E-state index in [-0.39, 0.29) is 5.95 Å². The largest absolute Gasteiger partial charge is 0.366 e. The number of anilines is 1. The molecule has 0 radical (unpaired) electrons. The summed E-state index contributed by atoms with van der Waals surface area (Å²) in [6.07, 6.45) is 0. The topological polar surface area (TPSA) is 82.8 Å². The highest BCUT2D eigenvalue weighted by atomic mass is 79.9. The predicted octanol–water partition coefficient (Wildman–Crippen LogP) is 1.31. The molecule has 0 fully saturated rings. The molecule has 0 atom stereocenters. The number of nitrogens with zero attached hydrogens (tertiary/aromatic N) is 3. The van der Waals surface area contributed by atoms with Crippen LogP contribution in [0.4, 0.5) is 5.95 Å². The Balaban J connectivity index is 2.63. The van der Waals surface area contributed by atoms with Crippen molar-refractivity contribution in [2.24, 2.45) is 0 Å². The van der Waals surface area contributed by atoms with Gasteiger partial charge in [0.2, 0.25) is 5.95 Å². The van der Waals surface area contributed by atoms with Crippen molar-refractivity contribution < 1.29 is 0 Å². The fourth-order valence-electron chi connectivity index (χ4n) is 1.32. The van der Waals surface area contributed by atoms with Gasteiger partial charge in [0, 0.05) is 10.0 Å². The van der Waals surface area contributed by atoms with E-state index in [0.29, 0.717) is 5.82 Å². The van der Waals surface area contributed by atoms with Crippen molar-refractivity contribution in [3.63, 3.8) is 0 Å². The Labute approximate surface area is 95.2 Å². The molecule has 0 saturated heterocycles. The van der Waals surface area contributed by atoms with Gasteiger partial charge in [0.05, 0.1) is 0 Å². The van der Waals surface area contributed by atoms with E-state index in [1.807, 2.05) is 25.1 Å². The van der Waals surface area contributed by atoms with Gasteiger partial charge in [0.25, 0.3) is 0 Å². The summed E-state index contributed by atoms with van der Waals surface area (Å²) < 4.78 is 2.24. The zero-order chi connectivity index (χ0) is 11.0. The van der Waals surface area contributed by atoms with Gasteiger partial charge in [0.15, 0.2) is 5.82 Å². The van der Waals surface area contributed by atoms with Crippen molar-refractivity contribution in [1.29, 1.82) is 0 Å². The lowest BCUT2D eigenvalue weighted by atomic mass is 10.1. The Kier molecular flexibility index (Phi) is 2.36. The number of hydrogen-bond donors (Lipinski definition) is 2. The van der Waals surface area contributed by atoms with E-state index in [4.69, 9.17) is 11.6 Å². The molecule has 0 amide bonds. The normalized spacial score (nSPS) is 10.5. The molecule has 0 aliphatic heterocycles. The third-order valence-electron chi connectivity index (χ3n) is 2.16. The van der Waals surface area contributed by atoms with E-state index in [0.717, 1.165) is 15.6 Å². The lowest BCUT2D eigenvalue weighted by molar-refractivity contribution is 1.02. The van der Waals surface area contributed by atoms with Gasteiger partial charge >= 0.3 is 0 Å². The van der Waals surface area contributed by atoms with Gasteiger partial charge in [0.1, 0.15) is 0 Å². The maximum Gasteiger partial charge on any atom is 0.241 e. The highest BCUT2D eigenvalue weighted by Crippen LogP contribution is 2.25. The maximum absolute atomic E-state index is 5.70. The number of benzene rings is 1. The van der Waals surface area contributed by atoms with Crippen LogP contribution in [0.3, 0.4) is 0 Å². The van der Waals surface area contributed by atoms with Gasteiger partial charge in [-0.15, -0.1) is 10.2 Å². The number of nitrogen functional groups attached to an aromatic ring is 2. The highest BCUT2D eigenvalue weighted by molar-refractivity contribution is 9.10. The molecule has 2 rings (SSSR count). The summed E-state index contributed by atoms with van der Waals surface area (Å²) in [5, 5.41) is 7.64. The van der Waals surface area contributed by atoms with Crippen molar-refractivity contribution >= 4 is 21.9 Å². The first-order chi connectivity index (χ1) is 7.09. The third kappa shape index (κ3) is 1.68.